The zero-order chi connectivity index (χ0) is 17.4. The maximum absolute atomic E-state index is 13.4. The molecule has 24 heavy (non-hydrogen) atoms. The predicted molar refractivity (Wildman–Crippen MR) is 83.9 cm³/mol. The number of carbonyl (C=O) groups is 3. The van der Waals surface area contributed by atoms with Crippen LogP contribution in [0.1, 0.15) is 37.7 Å². The topological polar surface area (TPSA) is 86.7 Å². The van der Waals surface area contributed by atoms with E-state index in [2.05, 4.69) is 5.32 Å². The van der Waals surface area contributed by atoms with Crippen molar-refractivity contribution in [3.05, 3.63) is 29.6 Å². The van der Waals surface area contributed by atoms with Crippen LogP contribution >= 0.6 is 0 Å². The first-order valence-electron chi connectivity index (χ1n) is 7.99. The van der Waals surface area contributed by atoms with Crippen LogP contribution in [0.5, 0.6) is 0 Å². The summed E-state index contributed by atoms with van der Waals surface area (Å²) < 4.78 is 13.4. The molecule has 3 unspecified atom stereocenters. The number of carboxylic acids is 1. The maximum Gasteiger partial charge on any atom is 0.308 e. The number of hydrogen-bond donors (Lipinski definition) is 2. The Morgan fingerprint density at radius 3 is 2.79 bits per heavy atom. The molecule has 2 aliphatic heterocycles. The Bertz CT molecular complexity index is 706. The minimum atomic E-state index is -0.913. The Kier molecular flexibility index (Phi) is 4.26. The van der Waals surface area contributed by atoms with Crippen LogP contribution in [0, 0.1) is 11.7 Å². The van der Waals surface area contributed by atoms with Crippen LogP contribution in [-0.2, 0) is 14.4 Å². The van der Waals surface area contributed by atoms with Crippen LogP contribution in [-0.4, -0.2) is 40.4 Å². The van der Waals surface area contributed by atoms with E-state index in [1.54, 1.807) is 4.90 Å². The molecular formula is C17H19FN2O4. The number of amides is 2. The molecule has 1 aromatic rings. The number of aliphatic carboxylic acids is 1. The average Bonchev–Trinajstić information content (AvgIpc) is 2.53. The molecule has 0 aliphatic carbocycles. The number of nitrogens with one attached hydrogen (secondary N) is 1. The van der Waals surface area contributed by atoms with Gasteiger partial charge < -0.3 is 15.3 Å². The lowest BCUT2D eigenvalue weighted by Gasteiger charge is -2.39. The van der Waals surface area contributed by atoms with Gasteiger partial charge in [0.05, 0.1) is 11.8 Å². The normalized spacial score (nSPS) is 26.5. The van der Waals surface area contributed by atoms with Gasteiger partial charge in [-0.1, -0.05) is 6.07 Å². The smallest absolute Gasteiger partial charge is 0.308 e. The third-order valence-electron chi connectivity index (χ3n) is 4.87. The third-order valence-corrected chi connectivity index (χ3v) is 4.87. The lowest BCUT2D eigenvalue weighted by Crippen LogP contribution is -2.49. The van der Waals surface area contributed by atoms with E-state index in [0.29, 0.717) is 24.1 Å². The van der Waals surface area contributed by atoms with Crippen molar-refractivity contribution >= 4 is 23.5 Å². The maximum atomic E-state index is 13.4. The second-order valence-electron chi connectivity index (χ2n) is 6.49. The Morgan fingerprint density at radius 1 is 1.33 bits per heavy atom. The average molecular weight is 334 g/mol. The molecule has 1 aromatic carbocycles. The van der Waals surface area contributed by atoms with Gasteiger partial charge in [0, 0.05) is 24.7 Å². The molecule has 2 aliphatic rings. The van der Waals surface area contributed by atoms with E-state index in [0.717, 1.165) is 0 Å². The zero-order valence-electron chi connectivity index (χ0n) is 13.3. The summed E-state index contributed by atoms with van der Waals surface area (Å²) in [6.07, 6.45) is 1.13. The Hall–Kier alpha value is -2.44. The highest BCUT2D eigenvalue weighted by atomic mass is 19.1. The summed E-state index contributed by atoms with van der Waals surface area (Å²) in [7, 11) is 0. The molecular weight excluding hydrogens is 315 g/mol. The van der Waals surface area contributed by atoms with Gasteiger partial charge in [-0.25, -0.2) is 4.39 Å². The summed E-state index contributed by atoms with van der Waals surface area (Å²) in [6.45, 7) is 2.02. The van der Waals surface area contributed by atoms with E-state index in [-0.39, 0.29) is 30.8 Å². The van der Waals surface area contributed by atoms with Crippen LogP contribution in [0.15, 0.2) is 18.2 Å². The Labute approximate surface area is 138 Å². The van der Waals surface area contributed by atoms with Crippen molar-refractivity contribution in [3.8, 4) is 0 Å². The molecule has 0 bridgehead atoms. The molecule has 3 rings (SSSR count). The summed E-state index contributed by atoms with van der Waals surface area (Å²) in [6, 6.07) is 3.89. The van der Waals surface area contributed by atoms with Crippen LogP contribution in [0.3, 0.4) is 0 Å². The van der Waals surface area contributed by atoms with Gasteiger partial charge in [-0.05, 0) is 37.5 Å². The van der Waals surface area contributed by atoms with E-state index in [4.69, 9.17) is 0 Å². The van der Waals surface area contributed by atoms with E-state index >= 15 is 0 Å². The van der Waals surface area contributed by atoms with E-state index in [1.807, 2.05) is 6.92 Å². The molecule has 128 valence electrons. The molecule has 0 spiro atoms. The van der Waals surface area contributed by atoms with Crippen molar-refractivity contribution in [2.45, 2.75) is 38.1 Å². The fourth-order valence-corrected chi connectivity index (χ4v) is 3.47. The number of fused-ring (bicyclic) bond motifs is 1. The molecule has 6 nitrogen and oxygen atoms in total. The molecule has 2 N–H and O–H groups in total. The summed E-state index contributed by atoms with van der Waals surface area (Å²) >= 11 is 0. The van der Waals surface area contributed by atoms with E-state index < -0.39 is 23.6 Å². The standard InChI is InChI=1S/C17H19FN2O4/c1-9-2-3-10(17(23)24)8-20(9)16(22)13-7-15(21)19-14-6-11(18)4-5-12(13)14/h4-6,9-10,13H,2-3,7-8H2,1H3,(H,19,21)(H,23,24). The van der Waals surface area contributed by atoms with Gasteiger partial charge in [0.2, 0.25) is 11.8 Å². The molecule has 2 amide bonds. The van der Waals surface area contributed by atoms with Gasteiger partial charge >= 0.3 is 5.97 Å². The van der Waals surface area contributed by atoms with Gasteiger partial charge in [0.15, 0.2) is 0 Å². The molecule has 1 fully saturated rings. The van der Waals surface area contributed by atoms with Crippen molar-refractivity contribution in [2.24, 2.45) is 5.92 Å². The lowest BCUT2D eigenvalue weighted by molar-refractivity contribution is -0.148. The number of halogens is 1. The highest BCUT2D eigenvalue weighted by Crippen LogP contribution is 2.36. The van der Waals surface area contributed by atoms with Crippen molar-refractivity contribution in [1.82, 2.24) is 4.90 Å². The SMILES string of the molecule is CC1CCC(C(=O)O)CN1C(=O)C1CC(=O)Nc2cc(F)ccc21. The largest absolute Gasteiger partial charge is 0.481 e. The second kappa shape index (κ2) is 6.22. The van der Waals surface area contributed by atoms with Gasteiger partial charge in [-0.15, -0.1) is 0 Å². The quantitative estimate of drug-likeness (QED) is 0.866. The van der Waals surface area contributed by atoms with Crippen LogP contribution in [0.4, 0.5) is 10.1 Å². The minimum absolute atomic E-state index is 0.0155. The second-order valence-corrected chi connectivity index (χ2v) is 6.49. The number of nitrogens with zero attached hydrogens (tertiary/aromatic N) is 1. The summed E-state index contributed by atoms with van der Waals surface area (Å²) in [5.74, 6) is -3.30. The minimum Gasteiger partial charge on any atom is -0.481 e. The fraction of sp³-hybridized carbons (Fsp3) is 0.471. The number of hydrogen-bond acceptors (Lipinski definition) is 3. The molecule has 0 radical (unpaired) electrons. The highest BCUT2D eigenvalue weighted by Gasteiger charge is 2.39. The first kappa shape index (κ1) is 16.4. The van der Waals surface area contributed by atoms with E-state index in [1.165, 1.54) is 18.2 Å². The number of carbonyl (C=O) groups excluding carboxylic acids is 2. The van der Waals surface area contributed by atoms with Crippen molar-refractivity contribution in [1.29, 1.82) is 0 Å². The zero-order valence-corrected chi connectivity index (χ0v) is 13.3. The summed E-state index contributed by atoms with van der Waals surface area (Å²) in [4.78, 5) is 37.7. The first-order chi connectivity index (χ1) is 11.4. The fourth-order valence-electron chi connectivity index (χ4n) is 3.47. The summed E-state index contributed by atoms with van der Waals surface area (Å²) in [5.41, 5.74) is 0.884. The third kappa shape index (κ3) is 2.98. The molecule has 2 heterocycles. The number of likely N-dealkylation sites (tertiary alicyclic amines) is 1. The van der Waals surface area contributed by atoms with Crippen molar-refractivity contribution < 1.29 is 23.9 Å². The van der Waals surface area contributed by atoms with Crippen molar-refractivity contribution in [2.75, 3.05) is 11.9 Å². The number of benzene rings is 1. The van der Waals surface area contributed by atoms with Gasteiger partial charge in [-0.3, -0.25) is 14.4 Å². The van der Waals surface area contributed by atoms with Crippen LogP contribution in [0.25, 0.3) is 0 Å². The lowest BCUT2D eigenvalue weighted by atomic mass is 9.86. The van der Waals surface area contributed by atoms with E-state index in [9.17, 15) is 23.9 Å². The predicted octanol–water partition coefficient (Wildman–Crippen LogP) is 1.96. The van der Waals surface area contributed by atoms with Crippen LogP contribution < -0.4 is 5.32 Å². The number of anilines is 1. The molecule has 7 heteroatoms. The van der Waals surface area contributed by atoms with Crippen LogP contribution in [0.2, 0.25) is 0 Å². The summed E-state index contributed by atoms with van der Waals surface area (Å²) in [5, 5.41) is 11.8. The number of carboxylic acid groups (broad SMARTS) is 1. The molecule has 3 atom stereocenters. The Morgan fingerprint density at radius 2 is 2.08 bits per heavy atom. The highest BCUT2D eigenvalue weighted by molar-refractivity contribution is 6.01. The van der Waals surface area contributed by atoms with Crippen molar-refractivity contribution in [3.63, 3.8) is 0 Å². The van der Waals surface area contributed by atoms with Gasteiger partial charge in [0.1, 0.15) is 5.82 Å². The van der Waals surface area contributed by atoms with Gasteiger partial charge in [-0.2, -0.15) is 0 Å². The monoisotopic (exact) mass is 334 g/mol. The Balaban J connectivity index is 1.89. The molecule has 0 saturated carbocycles. The molecule has 1 saturated heterocycles. The number of rotatable bonds is 2. The molecule has 0 aromatic heterocycles. The number of piperidine rings is 1. The van der Waals surface area contributed by atoms with Gasteiger partial charge in [0.25, 0.3) is 0 Å². The first-order valence-corrected chi connectivity index (χ1v) is 7.99.